The highest BCUT2D eigenvalue weighted by Crippen LogP contribution is 2.15. The van der Waals surface area contributed by atoms with Gasteiger partial charge in [-0.2, -0.15) is 0 Å². The number of hydrogen-bond acceptors (Lipinski definition) is 4. The van der Waals surface area contributed by atoms with Crippen LogP contribution in [0.5, 0.6) is 0 Å². The minimum atomic E-state index is -0.323. The summed E-state index contributed by atoms with van der Waals surface area (Å²) < 4.78 is 4.90. The van der Waals surface area contributed by atoms with Crippen LogP contribution in [0.2, 0.25) is 0 Å². The lowest BCUT2D eigenvalue weighted by atomic mass is 10.3. The smallest absolute Gasteiger partial charge is 0.409 e. The van der Waals surface area contributed by atoms with Crippen LogP contribution < -0.4 is 0 Å². The molecule has 0 aliphatic heterocycles. The molecule has 0 aliphatic carbocycles. The monoisotopic (exact) mass is 267 g/mol. The van der Waals surface area contributed by atoms with E-state index in [9.17, 15) is 4.79 Å². The summed E-state index contributed by atoms with van der Waals surface area (Å²) in [6.45, 7) is 2.75. The highest BCUT2D eigenvalue weighted by molar-refractivity contribution is 7.10. The number of thiophene rings is 1. The fraction of sp³-hybridized carbons (Fsp3) is 0.462. The number of aliphatic hydroxyl groups excluding tert-OH is 1. The predicted octanol–water partition coefficient (Wildman–Crippen LogP) is 2.07. The first kappa shape index (κ1) is 14.6. The van der Waals surface area contributed by atoms with Gasteiger partial charge in [-0.3, -0.25) is 0 Å². The van der Waals surface area contributed by atoms with E-state index in [2.05, 4.69) is 11.8 Å². The molecular weight excluding hydrogens is 250 g/mol. The van der Waals surface area contributed by atoms with Gasteiger partial charge in [-0.1, -0.05) is 11.8 Å². The number of carbonyl (C=O) groups is 1. The van der Waals surface area contributed by atoms with Gasteiger partial charge in [0, 0.05) is 20.0 Å². The largest absolute Gasteiger partial charge is 0.450 e. The molecule has 0 saturated heterocycles. The van der Waals surface area contributed by atoms with Gasteiger partial charge < -0.3 is 14.7 Å². The van der Waals surface area contributed by atoms with Crippen molar-refractivity contribution in [1.82, 2.24) is 4.90 Å². The van der Waals surface area contributed by atoms with Crippen molar-refractivity contribution >= 4 is 17.4 Å². The van der Waals surface area contributed by atoms with Crippen molar-refractivity contribution in [3.8, 4) is 11.8 Å². The molecule has 1 aromatic rings. The zero-order chi connectivity index (χ0) is 13.4. The van der Waals surface area contributed by atoms with Gasteiger partial charge in [-0.15, -0.1) is 11.3 Å². The van der Waals surface area contributed by atoms with E-state index < -0.39 is 0 Å². The number of carbonyl (C=O) groups excluding carboxylic acids is 1. The molecule has 0 unspecified atom stereocenters. The Morgan fingerprint density at radius 1 is 1.61 bits per heavy atom. The number of rotatable bonds is 4. The van der Waals surface area contributed by atoms with Crippen LogP contribution in [0, 0.1) is 11.8 Å². The Kier molecular flexibility index (Phi) is 6.26. The molecule has 5 heteroatoms. The van der Waals surface area contributed by atoms with Gasteiger partial charge >= 0.3 is 6.09 Å². The molecule has 0 saturated carbocycles. The molecule has 98 valence electrons. The van der Waals surface area contributed by atoms with E-state index in [0.717, 1.165) is 10.4 Å². The Bertz CT molecular complexity index is 445. The molecule has 0 aliphatic rings. The van der Waals surface area contributed by atoms with Gasteiger partial charge in [0.1, 0.15) is 0 Å². The van der Waals surface area contributed by atoms with E-state index >= 15 is 0 Å². The van der Waals surface area contributed by atoms with Crippen molar-refractivity contribution in [3.05, 3.63) is 21.9 Å². The second-order valence-electron chi connectivity index (χ2n) is 3.65. The Morgan fingerprint density at radius 3 is 3.06 bits per heavy atom. The number of aliphatic hydroxyl groups is 1. The quantitative estimate of drug-likeness (QED) is 0.850. The van der Waals surface area contributed by atoms with Gasteiger partial charge in [-0.05, 0) is 23.9 Å². The molecule has 0 aromatic carbocycles. The van der Waals surface area contributed by atoms with E-state index in [4.69, 9.17) is 9.84 Å². The standard InChI is InChI=1S/C13H17NO3S/c1-3-17-13(16)14(2)9-11-8-12(18-10-11)6-4-5-7-15/h8,10,15H,3,5,7,9H2,1-2H3. The zero-order valence-electron chi connectivity index (χ0n) is 10.6. The summed E-state index contributed by atoms with van der Waals surface area (Å²) in [4.78, 5) is 13.9. The first-order valence-electron chi connectivity index (χ1n) is 5.72. The SMILES string of the molecule is CCOC(=O)N(C)Cc1csc(C#CCCO)c1. The second-order valence-corrected chi connectivity index (χ2v) is 4.56. The average molecular weight is 267 g/mol. The fourth-order valence-corrected chi connectivity index (χ4v) is 2.07. The van der Waals surface area contributed by atoms with Crippen molar-refractivity contribution in [2.75, 3.05) is 20.3 Å². The minimum Gasteiger partial charge on any atom is -0.450 e. The number of ether oxygens (including phenoxy) is 1. The van der Waals surface area contributed by atoms with Gasteiger partial charge in [0.05, 0.1) is 18.1 Å². The molecule has 1 heterocycles. The molecule has 1 N–H and O–H groups in total. The summed E-state index contributed by atoms with van der Waals surface area (Å²) in [5, 5.41) is 10.6. The maximum atomic E-state index is 11.4. The van der Waals surface area contributed by atoms with Crippen LogP contribution in [0.1, 0.15) is 23.8 Å². The molecule has 1 rings (SSSR count). The summed E-state index contributed by atoms with van der Waals surface area (Å²) in [6.07, 6.45) is 0.160. The van der Waals surface area contributed by atoms with Gasteiger partial charge in [0.2, 0.25) is 0 Å². The van der Waals surface area contributed by atoms with Crippen LogP contribution in [0.25, 0.3) is 0 Å². The molecule has 4 nitrogen and oxygen atoms in total. The first-order valence-corrected chi connectivity index (χ1v) is 6.60. The topological polar surface area (TPSA) is 49.8 Å². The predicted molar refractivity (Wildman–Crippen MR) is 71.4 cm³/mol. The summed E-state index contributed by atoms with van der Waals surface area (Å²) in [6, 6.07) is 1.95. The molecule has 1 amide bonds. The van der Waals surface area contributed by atoms with Crippen LogP contribution in [0.15, 0.2) is 11.4 Å². The Morgan fingerprint density at radius 2 is 2.39 bits per heavy atom. The summed E-state index contributed by atoms with van der Waals surface area (Å²) in [5.41, 5.74) is 1.03. The second kappa shape index (κ2) is 7.75. The van der Waals surface area contributed by atoms with Gasteiger partial charge in [-0.25, -0.2) is 4.79 Å². The number of nitrogens with zero attached hydrogens (tertiary/aromatic N) is 1. The van der Waals surface area contributed by atoms with Crippen molar-refractivity contribution in [2.24, 2.45) is 0 Å². The highest BCUT2D eigenvalue weighted by Gasteiger charge is 2.10. The fourth-order valence-electron chi connectivity index (χ4n) is 1.30. The normalized spacial score (nSPS) is 9.50. The number of amides is 1. The lowest BCUT2D eigenvalue weighted by Crippen LogP contribution is -2.26. The first-order chi connectivity index (χ1) is 8.67. The van der Waals surface area contributed by atoms with Crippen molar-refractivity contribution in [3.63, 3.8) is 0 Å². The lowest BCUT2D eigenvalue weighted by molar-refractivity contribution is 0.114. The van der Waals surface area contributed by atoms with Crippen molar-refractivity contribution < 1.29 is 14.6 Å². The van der Waals surface area contributed by atoms with Gasteiger partial charge in [0.15, 0.2) is 0 Å². The van der Waals surface area contributed by atoms with E-state index in [-0.39, 0.29) is 12.7 Å². The third-order valence-electron chi connectivity index (χ3n) is 2.10. The third kappa shape index (κ3) is 4.78. The Labute approximate surface area is 111 Å². The summed E-state index contributed by atoms with van der Waals surface area (Å²) in [5.74, 6) is 5.83. The molecule has 0 spiro atoms. The summed E-state index contributed by atoms with van der Waals surface area (Å²) >= 11 is 1.53. The van der Waals surface area contributed by atoms with E-state index in [1.165, 1.54) is 16.2 Å². The van der Waals surface area contributed by atoms with Crippen LogP contribution in [0.3, 0.4) is 0 Å². The molecule has 18 heavy (non-hydrogen) atoms. The van der Waals surface area contributed by atoms with Crippen LogP contribution in [-0.2, 0) is 11.3 Å². The van der Waals surface area contributed by atoms with Crippen molar-refractivity contribution in [1.29, 1.82) is 0 Å². The van der Waals surface area contributed by atoms with E-state index in [1.54, 1.807) is 14.0 Å². The molecule has 0 radical (unpaired) electrons. The summed E-state index contributed by atoms with van der Waals surface area (Å²) in [7, 11) is 1.70. The van der Waals surface area contributed by atoms with Crippen LogP contribution >= 0.6 is 11.3 Å². The molecule has 0 fully saturated rings. The minimum absolute atomic E-state index is 0.0802. The maximum absolute atomic E-state index is 11.4. The molecule has 0 atom stereocenters. The van der Waals surface area contributed by atoms with Gasteiger partial charge in [0.25, 0.3) is 0 Å². The van der Waals surface area contributed by atoms with E-state index in [0.29, 0.717) is 19.6 Å². The lowest BCUT2D eigenvalue weighted by Gasteiger charge is -2.15. The Hall–Kier alpha value is -1.51. The van der Waals surface area contributed by atoms with Crippen LogP contribution in [0.4, 0.5) is 4.79 Å². The third-order valence-corrected chi connectivity index (χ3v) is 3.00. The molecule has 1 aromatic heterocycles. The van der Waals surface area contributed by atoms with Crippen molar-refractivity contribution in [2.45, 2.75) is 19.9 Å². The van der Waals surface area contributed by atoms with Crippen LogP contribution in [-0.4, -0.2) is 36.4 Å². The highest BCUT2D eigenvalue weighted by atomic mass is 32.1. The average Bonchev–Trinajstić information content (AvgIpc) is 2.77. The zero-order valence-corrected chi connectivity index (χ0v) is 11.4. The molecule has 0 bridgehead atoms. The maximum Gasteiger partial charge on any atom is 0.409 e. The number of hydrogen-bond donors (Lipinski definition) is 1. The molecular formula is C13H17NO3S. The van der Waals surface area contributed by atoms with E-state index in [1.807, 2.05) is 11.4 Å². The Balaban J connectivity index is 2.54.